The van der Waals surface area contributed by atoms with Gasteiger partial charge in [0.2, 0.25) is 22.8 Å². The van der Waals surface area contributed by atoms with Crippen LogP contribution in [0, 0.1) is 48.3 Å². The summed E-state index contributed by atoms with van der Waals surface area (Å²) in [6, 6.07) is 41.9. The molecule has 0 spiro atoms. The molecule has 0 N–H and O–H groups in total. The second-order valence-corrected chi connectivity index (χ2v) is 27.3. The zero-order valence-corrected chi connectivity index (χ0v) is 58.1. The summed E-state index contributed by atoms with van der Waals surface area (Å²) >= 11 is 0. The van der Waals surface area contributed by atoms with E-state index in [1.54, 1.807) is 18.2 Å². The number of pyridine rings is 4. The molecule has 0 saturated carbocycles. The minimum Gasteiger partial charge on any atom is -0.201 e. The Morgan fingerprint density at radius 3 is 0.953 bits per heavy atom. The van der Waals surface area contributed by atoms with Gasteiger partial charge < -0.3 is 0 Å². The van der Waals surface area contributed by atoms with Crippen LogP contribution >= 0.6 is 0 Å². The smallest absolute Gasteiger partial charge is 0.201 e. The lowest BCUT2D eigenvalue weighted by Gasteiger charge is -2.36. The third-order valence-corrected chi connectivity index (χ3v) is 20.2. The molecule has 0 radical (unpaired) electrons. The van der Waals surface area contributed by atoms with Crippen LogP contribution in [-0.4, -0.2) is 0 Å². The Morgan fingerprint density at radius 1 is 0.314 bits per heavy atom. The van der Waals surface area contributed by atoms with E-state index in [-0.39, 0.29) is 27.1 Å². The summed E-state index contributed by atoms with van der Waals surface area (Å²) in [5.74, 6) is 0. The van der Waals surface area contributed by atoms with Gasteiger partial charge in [0.25, 0.3) is 0 Å². The van der Waals surface area contributed by atoms with E-state index < -0.39 is 13.7 Å². The first-order valence-corrected chi connectivity index (χ1v) is 32.1. The predicted octanol–water partition coefficient (Wildman–Crippen LogP) is 20.1. The minimum absolute atomic E-state index is 0.108. The van der Waals surface area contributed by atoms with Gasteiger partial charge in [-0.05, 0) is 191 Å². The third-order valence-electron chi connectivity index (χ3n) is 20.2. The van der Waals surface area contributed by atoms with E-state index in [2.05, 4.69) is 274 Å². The van der Waals surface area contributed by atoms with Gasteiger partial charge in [0.15, 0.2) is 24.8 Å². The standard InChI is InChI=1S/C26H40N.2C19H26N.C18H24N/c1-10-25(7,11-2)22-17-24(21-15-14-19(5)16-20(21)6)27(9)18-23(22)26(8,12-3)13-4;2*1-7-19(4,5)16-9-11-18(20(6)13-16)17-10-8-14(2)12-15(17)3;1-6-18(3,4)15-11-12-17(19(5)13-15)16-10-8-7-9-14(16)2/h14-18H,10-13H2,1-9H3;2*8-13H,7H2,1-6H3;7-13H,6H2,1-5H3/q4*+1/i5D3;2D3;;. The van der Waals surface area contributed by atoms with Crippen LogP contribution in [0.25, 0.3) is 45.0 Å². The number of hydrogen-bond donors (Lipinski definition) is 0. The molecule has 0 bridgehead atoms. The van der Waals surface area contributed by atoms with Gasteiger partial charge in [-0.15, -0.1) is 0 Å². The molecular weight excluding hydrogens is 1040 g/mol. The average Bonchev–Trinajstić information content (AvgIpc) is 0.785. The molecule has 0 saturated heterocycles. The van der Waals surface area contributed by atoms with E-state index in [4.69, 9.17) is 8.22 Å². The minimum atomic E-state index is -2.08. The SMILES string of the molecule is CCC(C)(C)c1ccc(-c2ccc(C)cc2C)[n+](C)c1.CCC(C)(C)c1ccc(-c2ccccc2C)[n+](C)c1.[2H]C([2H])([2H])c1ccc(-c2cc(C(C)(CC)CC)c(C(C)(CC)CC)c[n+]2C)c(C)c1.[2H]C([2H])([2H])c1ccc(-c2ccc(C(C)(C)CC)c[n+]2C)c(C)c1. The maximum Gasteiger partial charge on any atom is 0.212 e. The maximum absolute atomic E-state index is 7.72. The highest BCUT2D eigenvalue weighted by atomic mass is 14.9. The molecule has 460 valence electrons. The number of aromatic nitrogens is 4. The maximum atomic E-state index is 7.72. The molecule has 0 amide bonds. The summed E-state index contributed by atoms with van der Waals surface area (Å²) in [6.45, 7) is 40.6. The monoisotopic (exact) mass is 1160 g/mol. The Kier molecular flexibility index (Phi) is 20.9. The van der Waals surface area contributed by atoms with Gasteiger partial charge >= 0.3 is 0 Å². The van der Waals surface area contributed by atoms with Crippen LogP contribution in [0.3, 0.4) is 0 Å². The molecule has 4 heteroatoms. The number of hydrogen-bond acceptors (Lipinski definition) is 0. The predicted molar refractivity (Wildman–Crippen MR) is 371 cm³/mol. The van der Waals surface area contributed by atoms with Crippen molar-refractivity contribution in [1.82, 2.24) is 0 Å². The quantitative estimate of drug-likeness (QED) is 0.0857. The van der Waals surface area contributed by atoms with Crippen molar-refractivity contribution in [3.05, 3.63) is 213 Å². The van der Waals surface area contributed by atoms with Crippen molar-refractivity contribution in [3.8, 4) is 45.0 Å². The molecule has 8 rings (SSSR count). The molecular formula is C82H116N4+4. The largest absolute Gasteiger partial charge is 0.212 e. The van der Waals surface area contributed by atoms with E-state index in [0.717, 1.165) is 78.6 Å². The molecule has 0 atom stereocenters. The van der Waals surface area contributed by atoms with Gasteiger partial charge in [-0.25, -0.2) is 18.3 Å². The van der Waals surface area contributed by atoms with E-state index in [1.165, 1.54) is 67.0 Å². The van der Waals surface area contributed by atoms with Crippen molar-refractivity contribution in [1.29, 1.82) is 0 Å². The van der Waals surface area contributed by atoms with Crippen LogP contribution in [0.5, 0.6) is 0 Å². The third kappa shape index (κ3) is 16.5. The van der Waals surface area contributed by atoms with Gasteiger partial charge in [-0.3, -0.25) is 0 Å². The lowest BCUT2D eigenvalue weighted by molar-refractivity contribution is -0.661. The summed E-state index contributed by atoms with van der Waals surface area (Å²) in [7, 11) is 8.43. The average molecular weight is 1160 g/mol. The summed E-state index contributed by atoms with van der Waals surface area (Å²) in [5.41, 5.74) is 24.2. The fourth-order valence-electron chi connectivity index (χ4n) is 11.5. The van der Waals surface area contributed by atoms with Crippen LogP contribution in [-0.2, 0) is 55.3 Å². The van der Waals surface area contributed by atoms with Crippen molar-refractivity contribution in [2.24, 2.45) is 28.2 Å². The second-order valence-electron chi connectivity index (χ2n) is 27.3. The second kappa shape index (κ2) is 29.5. The van der Waals surface area contributed by atoms with Crippen LogP contribution in [0.4, 0.5) is 0 Å². The fraction of sp³-hybridized carbons (Fsp3) is 0.463. The highest BCUT2D eigenvalue weighted by molar-refractivity contribution is 5.65. The van der Waals surface area contributed by atoms with E-state index >= 15 is 0 Å². The van der Waals surface area contributed by atoms with Crippen molar-refractivity contribution >= 4 is 0 Å². The van der Waals surface area contributed by atoms with Crippen molar-refractivity contribution < 1.29 is 26.5 Å². The Labute approximate surface area is 534 Å². The molecule has 0 fully saturated rings. The Bertz CT molecular complexity index is 3800. The first kappa shape index (κ1) is 61.1. The highest BCUT2D eigenvalue weighted by Crippen LogP contribution is 2.42. The molecule has 0 aliphatic carbocycles. The van der Waals surface area contributed by atoms with Crippen molar-refractivity contribution in [3.63, 3.8) is 0 Å². The molecule has 8 aromatic rings. The van der Waals surface area contributed by atoms with Gasteiger partial charge in [0, 0.05) is 77.0 Å². The van der Waals surface area contributed by atoms with Crippen LogP contribution < -0.4 is 18.3 Å². The van der Waals surface area contributed by atoms with Gasteiger partial charge in [0.05, 0.1) is 0 Å². The van der Waals surface area contributed by atoms with Crippen LogP contribution in [0.1, 0.15) is 224 Å². The number of rotatable bonds is 16. The number of aryl methyl sites for hydroxylation is 11. The Morgan fingerprint density at radius 2 is 0.628 bits per heavy atom. The summed E-state index contributed by atoms with van der Waals surface area (Å²) in [4.78, 5) is 0. The molecule has 4 aromatic heterocycles. The van der Waals surface area contributed by atoms with E-state index in [0.29, 0.717) is 11.1 Å². The van der Waals surface area contributed by atoms with Crippen LogP contribution in [0.15, 0.2) is 146 Å². The Hall–Kier alpha value is -6.52. The first-order chi connectivity index (χ1) is 42.7. The van der Waals surface area contributed by atoms with Gasteiger partial charge in [-0.2, -0.15) is 0 Å². The molecule has 4 heterocycles. The molecule has 4 nitrogen and oxygen atoms in total. The zero-order valence-electron chi connectivity index (χ0n) is 64.1. The van der Waals surface area contributed by atoms with Gasteiger partial charge in [0.1, 0.15) is 28.2 Å². The van der Waals surface area contributed by atoms with E-state index in [1.807, 2.05) is 39.1 Å². The fourth-order valence-corrected chi connectivity index (χ4v) is 11.5. The van der Waals surface area contributed by atoms with E-state index in [9.17, 15) is 0 Å². The molecule has 0 unspecified atom stereocenters. The summed E-state index contributed by atoms with van der Waals surface area (Å²) < 4.78 is 54.6. The van der Waals surface area contributed by atoms with Gasteiger partial charge in [-0.1, -0.05) is 175 Å². The highest BCUT2D eigenvalue weighted by Gasteiger charge is 2.36. The topological polar surface area (TPSA) is 15.5 Å². The summed E-state index contributed by atoms with van der Waals surface area (Å²) in [5, 5.41) is 0. The summed E-state index contributed by atoms with van der Waals surface area (Å²) in [6.07, 6.45) is 16.8. The molecule has 0 aliphatic rings. The number of benzene rings is 4. The Balaban J connectivity index is 0.000000226. The first-order valence-electron chi connectivity index (χ1n) is 35.1. The molecule has 4 aromatic carbocycles. The van der Waals surface area contributed by atoms with Crippen molar-refractivity contribution in [2.45, 2.75) is 224 Å². The normalized spacial score (nSPS) is 13.3. The zero-order chi connectivity index (χ0) is 69.3. The van der Waals surface area contributed by atoms with Crippen LogP contribution in [0.2, 0.25) is 0 Å². The lowest BCUT2D eigenvalue weighted by atomic mass is 9.68. The molecule has 0 aliphatic heterocycles. The number of nitrogens with zero attached hydrogens (tertiary/aromatic N) is 4. The van der Waals surface area contributed by atoms with Crippen molar-refractivity contribution in [2.75, 3.05) is 0 Å². The lowest BCUT2D eigenvalue weighted by Crippen LogP contribution is -2.38. The molecule has 86 heavy (non-hydrogen) atoms.